The van der Waals surface area contributed by atoms with Gasteiger partial charge in [0.15, 0.2) is 5.78 Å². The molecule has 3 aromatic rings. The number of hydrogen-bond donors (Lipinski definition) is 0. The van der Waals surface area contributed by atoms with Crippen LogP contribution in [0.15, 0.2) is 42.5 Å². The highest BCUT2D eigenvalue weighted by Crippen LogP contribution is 2.32. The molecule has 0 radical (unpaired) electrons. The summed E-state index contributed by atoms with van der Waals surface area (Å²) < 4.78 is 7.64. The van der Waals surface area contributed by atoms with Crippen LogP contribution in [-0.2, 0) is 0 Å². The Morgan fingerprint density at radius 3 is 2.46 bits per heavy atom. The van der Waals surface area contributed by atoms with E-state index in [0.717, 1.165) is 28.0 Å². The largest absolute Gasteiger partial charge is 0.481 e. The Balaban J connectivity index is 2.20. The number of terminal acetylenes is 1. The van der Waals surface area contributed by atoms with Gasteiger partial charge >= 0.3 is 0 Å². The van der Waals surface area contributed by atoms with Gasteiger partial charge in [-0.1, -0.05) is 5.92 Å². The van der Waals surface area contributed by atoms with Crippen molar-refractivity contribution in [1.82, 2.24) is 4.57 Å². The van der Waals surface area contributed by atoms with Crippen LogP contribution in [0.25, 0.3) is 16.6 Å². The van der Waals surface area contributed by atoms with Crippen molar-refractivity contribution in [3.05, 3.63) is 53.7 Å². The van der Waals surface area contributed by atoms with Gasteiger partial charge in [-0.15, -0.1) is 6.42 Å². The van der Waals surface area contributed by atoms with Crippen molar-refractivity contribution in [2.75, 3.05) is 25.6 Å². The van der Waals surface area contributed by atoms with Gasteiger partial charge < -0.3 is 14.2 Å². The monoisotopic (exact) mass is 346 g/mol. The van der Waals surface area contributed by atoms with Gasteiger partial charge in [0.25, 0.3) is 0 Å². The number of carbonyl (C=O) groups excluding carboxylic acids is 1. The van der Waals surface area contributed by atoms with Gasteiger partial charge in [0.05, 0.1) is 5.52 Å². The van der Waals surface area contributed by atoms with E-state index in [2.05, 4.69) is 39.7 Å². The topological polar surface area (TPSA) is 34.5 Å². The van der Waals surface area contributed by atoms with E-state index in [9.17, 15) is 4.79 Å². The van der Waals surface area contributed by atoms with E-state index in [-0.39, 0.29) is 12.4 Å². The Morgan fingerprint density at radius 2 is 1.88 bits per heavy atom. The number of rotatable bonds is 5. The van der Waals surface area contributed by atoms with Crippen molar-refractivity contribution in [2.45, 2.75) is 13.8 Å². The fourth-order valence-corrected chi connectivity index (χ4v) is 3.29. The average molecular weight is 346 g/mol. The van der Waals surface area contributed by atoms with E-state index in [0.29, 0.717) is 11.3 Å². The standard InChI is InChI=1S/C22H22N2O2/c1-6-13-26-19-11-12-21-20(14-19)22(16(3)25)15(2)24(21)18-9-7-17(8-10-18)23(4)5/h1,7-12,14H,13H2,2-5H3. The molecule has 0 spiro atoms. The zero-order valence-electron chi connectivity index (χ0n) is 15.5. The van der Waals surface area contributed by atoms with Crippen molar-refractivity contribution in [3.8, 4) is 23.8 Å². The SMILES string of the molecule is C#CCOc1ccc2c(c1)c(C(C)=O)c(C)n2-c1ccc(N(C)C)cc1. The molecular formula is C22H22N2O2. The van der Waals surface area contributed by atoms with Crippen molar-refractivity contribution in [2.24, 2.45) is 0 Å². The molecule has 0 fully saturated rings. The van der Waals surface area contributed by atoms with E-state index in [4.69, 9.17) is 11.2 Å². The summed E-state index contributed by atoms with van der Waals surface area (Å²) >= 11 is 0. The third-order valence-corrected chi connectivity index (χ3v) is 4.47. The number of ether oxygens (including phenoxy) is 1. The minimum absolute atomic E-state index is 0.0326. The predicted molar refractivity (Wildman–Crippen MR) is 107 cm³/mol. The second-order valence-electron chi connectivity index (χ2n) is 6.43. The molecule has 0 saturated heterocycles. The number of ketones is 1. The van der Waals surface area contributed by atoms with Crippen molar-refractivity contribution >= 4 is 22.4 Å². The summed E-state index contributed by atoms with van der Waals surface area (Å²) in [6, 6.07) is 14.0. The lowest BCUT2D eigenvalue weighted by Gasteiger charge is -2.14. The maximum atomic E-state index is 12.3. The Hall–Kier alpha value is -3.19. The molecule has 0 aliphatic heterocycles. The molecule has 0 saturated carbocycles. The van der Waals surface area contributed by atoms with Crippen LogP contribution < -0.4 is 9.64 Å². The fraction of sp³-hybridized carbons (Fsp3) is 0.227. The molecule has 0 amide bonds. The number of hydrogen-bond acceptors (Lipinski definition) is 3. The predicted octanol–water partition coefficient (Wildman–Crippen LogP) is 4.22. The first-order valence-electron chi connectivity index (χ1n) is 8.44. The Kier molecular flexibility index (Phi) is 4.73. The summed E-state index contributed by atoms with van der Waals surface area (Å²) in [7, 11) is 4.02. The molecule has 2 aromatic carbocycles. The summed E-state index contributed by atoms with van der Waals surface area (Å²) in [5.74, 6) is 3.16. The molecule has 0 bridgehead atoms. The van der Waals surface area contributed by atoms with Gasteiger partial charge in [0, 0.05) is 42.1 Å². The van der Waals surface area contributed by atoms with Crippen molar-refractivity contribution < 1.29 is 9.53 Å². The van der Waals surface area contributed by atoms with Crippen LogP contribution in [-0.4, -0.2) is 31.1 Å². The number of anilines is 1. The van der Waals surface area contributed by atoms with Gasteiger partial charge in [-0.25, -0.2) is 0 Å². The molecule has 0 aliphatic carbocycles. The summed E-state index contributed by atoms with van der Waals surface area (Å²) in [4.78, 5) is 14.4. The third kappa shape index (κ3) is 3.04. The van der Waals surface area contributed by atoms with Gasteiger partial charge in [0.2, 0.25) is 0 Å². The molecular weight excluding hydrogens is 324 g/mol. The highest BCUT2D eigenvalue weighted by molar-refractivity contribution is 6.09. The highest BCUT2D eigenvalue weighted by Gasteiger charge is 2.19. The number of carbonyl (C=O) groups is 1. The molecule has 0 N–H and O–H groups in total. The van der Waals surface area contributed by atoms with Gasteiger partial charge in [-0.3, -0.25) is 4.79 Å². The molecule has 0 atom stereocenters. The first-order valence-corrected chi connectivity index (χ1v) is 8.44. The molecule has 26 heavy (non-hydrogen) atoms. The van der Waals surface area contributed by atoms with Crippen LogP contribution in [0.2, 0.25) is 0 Å². The number of nitrogens with zero attached hydrogens (tertiary/aromatic N) is 2. The van der Waals surface area contributed by atoms with Gasteiger partial charge in [0.1, 0.15) is 12.4 Å². The van der Waals surface area contributed by atoms with Crippen molar-refractivity contribution in [3.63, 3.8) is 0 Å². The fourth-order valence-electron chi connectivity index (χ4n) is 3.29. The van der Waals surface area contributed by atoms with E-state index < -0.39 is 0 Å². The van der Waals surface area contributed by atoms with Crippen LogP contribution in [0.1, 0.15) is 23.0 Å². The van der Waals surface area contributed by atoms with E-state index in [1.54, 1.807) is 6.92 Å². The second kappa shape index (κ2) is 6.97. The normalized spacial score (nSPS) is 10.6. The van der Waals surface area contributed by atoms with Gasteiger partial charge in [-0.05, 0) is 56.3 Å². The lowest BCUT2D eigenvalue weighted by Crippen LogP contribution is -2.08. The number of fused-ring (bicyclic) bond motifs is 1. The van der Waals surface area contributed by atoms with Crippen LogP contribution in [0.3, 0.4) is 0 Å². The molecule has 0 aliphatic rings. The highest BCUT2D eigenvalue weighted by atomic mass is 16.5. The molecule has 4 heteroatoms. The van der Waals surface area contributed by atoms with Crippen LogP contribution >= 0.6 is 0 Å². The maximum Gasteiger partial charge on any atom is 0.162 e. The van der Waals surface area contributed by atoms with Crippen LogP contribution in [0, 0.1) is 19.3 Å². The zero-order chi connectivity index (χ0) is 18.8. The van der Waals surface area contributed by atoms with Crippen LogP contribution in [0.5, 0.6) is 5.75 Å². The summed E-state index contributed by atoms with van der Waals surface area (Å²) in [5, 5.41) is 0.876. The zero-order valence-corrected chi connectivity index (χ0v) is 15.5. The van der Waals surface area contributed by atoms with Gasteiger partial charge in [-0.2, -0.15) is 0 Å². The molecule has 1 aromatic heterocycles. The summed E-state index contributed by atoms with van der Waals surface area (Å²) in [5.41, 5.74) is 4.74. The second-order valence-corrected chi connectivity index (χ2v) is 6.43. The molecule has 3 rings (SSSR count). The quantitative estimate of drug-likeness (QED) is 0.512. The lowest BCUT2D eigenvalue weighted by atomic mass is 10.1. The lowest BCUT2D eigenvalue weighted by molar-refractivity contribution is 0.101. The Bertz CT molecular complexity index is 1010. The molecule has 1 heterocycles. The number of aromatic nitrogens is 1. The Morgan fingerprint density at radius 1 is 1.19 bits per heavy atom. The molecule has 0 unspecified atom stereocenters. The first kappa shape index (κ1) is 17.6. The minimum Gasteiger partial charge on any atom is -0.481 e. The van der Waals surface area contributed by atoms with E-state index >= 15 is 0 Å². The van der Waals surface area contributed by atoms with Crippen LogP contribution in [0.4, 0.5) is 5.69 Å². The maximum absolute atomic E-state index is 12.3. The summed E-state index contributed by atoms with van der Waals surface area (Å²) in [6.45, 7) is 3.77. The third-order valence-electron chi connectivity index (χ3n) is 4.47. The Labute approximate surface area is 154 Å². The number of Topliss-reactive ketones (excluding diaryl/α,β-unsaturated/α-hetero) is 1. The molecule has 4 nitrogen and oxygen atoms in total. The minimum atomic E-state index is 0.0326. The van der Waals surface area contributed by atoms with E-state index in [1.807, 2.05) is 39.2 Å². The average Bonchev–Trinajstić information content (AvgIpc) is 2.91. The van der Waals surface area contributed by atoms with Crippen molar-refractivity contribution in [1.29, 1.82) is 0 Å². The first-order chi connectivity index (χ1) is 12.4. The molecule has 132 valence electrons. The van der Waals surface area contributed by atoms with E-state index in [1.165, 1.54) is 0 Å². The number of benzene rings is 2. The summed E-state index contributed by atoms with van der Waals surface area (Å²) in [6.07, 6.45) is 5.27. The smallest absolute Gasteiger partial charge is 0.162 e.